The van der Waals surface area contributed by atoms with E-state index in [1.54, 1.807) is 18.5 Å². The number of aromatic carboxylic acids is 1. The van der Waals surface area contributed by atoms with E-state index in [0.717, 1.165) is 15.6 Å². The predicted molar refractivity (Wildman–Crippen MR) is 62.2 cm³/mol. The molecule has 0 fully saturated rings. The fourth-order valence-corrected chi connectivity index (χ4v) is 2.82. The first-order chi connectivity index (χ1) is 7.66. The van der Waals surface area contributed by atoms with Gasteiger partial charge < -0.3 is 5.11 Å². The number of aryl methyl sites for hydroxylation is 1. The number of thiophene rings is 1. The van der Waals surface area contributed by atoms with Crippen LogP contribution in [0.3, 0.4) is 0 Å². The highest BCUT2D eigenvalue weighted by molar-refractivity contribution is 7.99. The standard InChI is InChI=1S/C10H8N2O2S2/c1-6-9(12-3-2-11-6)16-7-4-8(10(13)14)15-5-7/h2-5H,1H3,(H,13,14). The summed E-state index contributed by atoms with van der Waals surface area (Å²) in [6, 6.07) is 1.64. The van der Waals surface area contributed by atoms with E-state index in [2.05, 4.69) is 9.97 Å². The zero-order valence-corrected chi connectivity index (χ0v) is 10.0. The Kier molecular flexibility index (Phi) is 3.21. The molecule has 16 heavy (non-hydrogen) atoms. The minimum absolute atomic E-state index is 0.337. The van der Waals surface area contributed by atoms with Gasteiger partial charge in [0, 0.05) is 22.7 Å². The van der Waals surface area contributed by atoms with Gasteiger partial charge in [-0.1, -0.05) is 11.8 Å². The minimum Gasteiger partial charge on any atom is -0.477 e. The Labute approximate surface area is 100 Å². The number of rotatable bonds is 3. The van der Waals surface area contributed by atoms with E-state index in [-0.39, 0.29) is 0 Å². The maximum Gasteiger partial charge on any atom is 0.345 e. The molecule has 2 heterocycles. The Morgan fingerprint density at radius 2 is 2.19 bits per heavy atom. The van der Waals surface area contributed by atoms with Crippen molar-refractivity contribution in [3.63, 3.8) is 0 Å². The van der Waals surface area contributed by atoms with Crippen molar-refractivity contribution in [2.75, 3.05) is 0 Å². The third-order valence-electron chi connectivity index (χ3n) is 1.84. The molecule has 0 unspecified atom stereocenters. The summed E-state index contributed by atoms with van der Waals surface area (Å²) in [5.41, 5.74) is 0.843. The molecule has 2 aromatic heterocycles. The van der Waals surface area contributed by atoms with Gasteiger partial charge >= 0.3 is 5.97 Å². The maximum atomic E-state index is 10.7. The van der Waals surface area contributed by atoms with Crippen LogP contribution in [0.25, 0.3) is 0 Å². The van der Waals surface area contributed by atoms with Gasteiger partial charge in [-0.05, 0) is 13.0 Å². The van der Waals surface area contributed by atoms with Crippen LogP contribution >= 0.6 is 23.1 Å². The van der Waals surface area contributed by atoms with Crippen LogP contribution in [0.2, 0.25) is 0 Å². The van der Waals surface area contributed by atoms with Gasteiger partial charge in [0.25, 0.3) is 0 Å². The molecule has 2 rings (SSSR count). The summed E-state index contributed by atoms with van der Waals surface area (Å²) in [6.07, 6.45) is 3.26. The highest BCUT2D eigenvalue weighted by Gasteiger charge is 2.09. The normalized spacial score (nSPS) is 10.3. The second-order valence-electron chi connectivity index (χ2n) is 3.00. The Morgan fingerprint density at radius 3 is 2.81 bits per heavy atom. The number of carboxylic acid groups (broad SMARTS) is 1. The van der Waals surface area contributed by atoms with Crippen molar-refractivity contribution in [2.45, 2.75) is 16.8 Å². The van der Waals surface area contributed by atoms with Crippen molar-refractivity contribution < 1.29 is 9.90 Å². The molecular weight excluding hydrogens is 244 g/mol. The number of nitrogens with zero attached hydrogens (tertiary/aromatic N) is 2. The molecule has 0 saturated carbocycles. The summed E-state index contributed by atoms with van der Waals surface area (Å²) in [6.45, 7) is 1.87. The largest absolute Gasteiger partial charge is 0.477 e. The molecule has 4 nitrogen and oxygen atoms in total. The van der Waals surface area contributed by atoms with E-state index >= 15 is 0 Å². The molecule has 0 aliphatic rings. The van der Waals surface area contributed by atoms with Gasteiger partial charge in [0.15, 0.2) is 0 Å². The molecular formula is C10H8N2O2S2. The van der Waals surface area contributed by atoms with Gasteiger partial charge in [0.2, 0.25) is 0 Å². The third kappa shape index (κ3) is 2.40. The van der Waals surface area contributed by atoms with E-state index in [1.165, 1.54) is 23.1 Å². The van der Waals surface area contributed by atoms with Gasteiger partial charge in [-0.3, -0.25) is 4.98 Å². The number of aromatic nitrogens is 2. The number of carbonyl (C=O) groups is 1. The third-order valence-corrected chi connectivity index (χ3v) is 3.97. The van der Waals surface area contributed by atoms with Gasteiger partial charge in [-0.25, -0.2) is 9.78 Å². The second-order valence-corrected chi connectivity index (χ2v) is 4.97. The summed E-state index contributed by atoms with van der Waals surface area (Å²) < 4.78 is 0. The molecule has 1 N–H and O–H groups in total. The van der Waals surface area contributed by atoms with Gasteiger partial charge in [-0.15, -0.1) is 11.3 Å². The topological polar surface area (TPSA) is 63.1 Å². The first-order valence-corrected chi connectivity index (χ1v) is 6.13. The Balaban J connectivity index is 2.21. The zero-order chi connectivity index (χ0) is 11.5. The lowest BCUT2D eigenvalue weighted by Gasteiger charge is -1.99. The Hall–Kier alpha value is -1.40. The van der Waals surface area contributed by atoms with Crippen LogP contribution in [0.5, 0.6) is 0 Å². The van der Waals surface area contributed by atoms with Crippen molar-refractivity contribution in [3.05, 3.63) is 34.4 Å². The van der Waals surface area contributed by atoms with Crippen LogP contribution < -0.4 is 0 Å². The molecule has 82 valence electrons. The SMILES string of the molecule is Cc1nccnc1Sc1csc(C(=O)O)c1. The van der Waals surface area contributed by atoms with Crippen LogP contribution in [-0.2, 0) is 0 Å². The molecule has 0 spiro atoms. The van der Waals surface area contributed by atoms with Crippen LogP contribution in [0, 0.1) is 6.92 Å². The monoisotopic (exact) mass is 252 g/mol. The average Bonchev–Trinajstić information content (AvgIpc) is 2.70. The van der Waals surface area contributed by atoms with E-state index in [1.807, 2.05) is 12.3 Å². The first kappa shape index (κ1) is 11.1. The molecule has 0 amide bonds. The molecule has 0 aliphatic carbocycles. The highest BCUT2D eigenvalue weighted by atomic mass is 32.2. The van der Waals surface area contributed by atoms with Gasteiger partial charge in [0.1, 0.15) is 9.90 Å². The highest BCUT2D eigenvalue weighted by Crippen LogP contribution is 2.31. The molecule has 0 aliphatic heterocycles. The molecule has 0 bridgehead atoms. The van der Waals surface area contributed by atoms with Crippen LogP contribution in [0.4, 0.5) is 0 Å². The summed E-state index contributed by atoms with van der Waals surface area (Å²) >= 11 is 2.64. The smallest absolute Gasteiger partial charge is 0.345 e. The zero-order valence-electron chi connectivity index (χ0n) is 8.38. The summed E-state index contributed by atoms with van der Waals surface area (Å²) in [7, 11) is 0. The molecule has 0 radical (unpaired) electrons. The average molecular weight is 252 g/mol. The van der Waals surface area contributed by atoms with Gasteiger partial charge in [0.05, 0.1) is 5.69 Å². The van der Waals surface area contributed by atoms with Crippen molar-refractivity contribution >= 4 is 29.1 Å². The van der Waals surface area contributed by atoms with E-state index in [9.17, 15) is 4.79 Å². The van der Waals surface area contributed by atoms with Crippen LogP contribution in [0.15, 0.2) is 33.8 Å². The number of hydrogen-bond donors (Lipinski definition) is 1. The minimum atomic E-state index is -0.896. The molecule has 0 saturated heterocycles. The lowest BCUT2D eigenvalue weighted by atomic mass is 10.5. The number of hydrogen-bond acceptors (Lipinski definition) is 5. The van der Waals surface area contributed by atoms with Crippen molar-refractivity contribution in [2.24, 2.45) is 0 Å². The summed E-state index contributed by atoms with van der Waals surface area (Å²) in [4.78, 5) is 20.2. The second kappa shape index (κ2) is 4.63. The fraction of sp³-hybridized carbons (Fsp3) is 0.100. The summed E-state index contributed by atoms with van der Waals surface area (Å²) in [5.74, 6) is -0.896. The first-order valence-electron chi connectivity index (χ1n) is 4.44. The van der Waals surface area contributed by atoms with E-state index < -0.39 is 5.97 Å². The van der Waals surface area contributed by atoms with E-state index in [0.29, 0.717) is 4.88 Å². The van der Waals surface area contributed by atoms with Crippen LogP contribution in [0.1, 0.15) is 15.4 Å². The van der Waals surface area contributed by atoms with Gasteiger partial charge in [-0.2, -0.15) is 0 Å². The van der Waals surface area contributed by atoms with Crippen molar-refractivity contribution in [1.82, 2.24) is 9.97 Å². The van der Waals surface area contributed by atoms with Crippen molar-refractivity contribution in [3.8, 4) is 0 Å². The van der Waals surface area contributed by atoms with Crippen LogP contribution in [-0.4, -0.2) is 21.0 Å². The lowest BCUT2D eigenvalue weighted by Crippen LogP contribution is -1.90. The fourth-order valence-electron chi connectivity index (χ4n) is 1.09. The lowest BCUT2D eigenvalue weighted by molar-refractivity contribution is 0.0702. The Morgan fingerprint density at radius 1 is 1.44 bits per heavy atom. The maximum absolute atomic E-state index is 10.7. The predicted octanol–water partition coefficient (Wildman–Crippen LogP) is 2.70. The molecule has 2 aromatic rings. The van der Waals surface area contributed by atoms with Crippen molar-refractivity contribution in [1.29, 1.82) is 0 Å². The number of carboxylic acids is 1. The molecule has 6 heteroatoms. The Bertz CT molecular complexity index is 525. The molecule has 0 atom stereocenters. The summed E-state index contributed by atoms with van der Waals surface area (Å²) in [5, 5.41) is 11.4. The van der Waals surface area contributed by atoms with E-state index in [4.69, 9.17) is 5.11 Å². The molecule has 0 aromatic carbocycles. The quantitative estimate of drug-likeness (QED) is 0.910.